The summed E-state index contributed by atoms with van der Waals surface area (Å²) in [5.41, 5.74) is 5.45. The van der Waals surface area contributed by atoms with E-state index in [9.17, 15) is 4.79 Å². The van der Waals surface area contributed by atoms with Crippen LogP contribution in [-0.4, -0.2) is 25.8 Å². The molecule has 1 amide bonds. The predicted molar refractivity (Wildman–Crippen MR) is 121 cm³/mol. The number of imidazole rings is 1. The van der Waals surface area contributed by atoms with Crippen LogP contribution in [0.1, 0.15) is 26.8 Å². The van der Waals surface area contributed by atoms with Gasteiger partial charge in [-0.25, -0.2) is 15.0 Å². The number of aryl methyl sites for hydroxylation is 3. The van der Waals surface area contributed by atoms with Gasteiger partial charge in [0, 0.05) is 22.3 Å². The third-order valence-corrected chi connectivity index (χ3v) is 6.28. The van der Waals surface area contributed by atoms with Crippen molar-refractivity contribution < 1.29 is 4.79 Å². The molecule has 30 heavy (non-hydrogen) atoms. The molecule has 0 aliphatic carbocycles. The highest BCUT2D eigenvalue weighted by atomic mass is 32.1. The minimum Gasteiger partial charge on any atom is -0.338 e. The summed E-state index contributed by atoms with van der Waals surface area (Å²) in [5, 5.41) is 3.96. The maximum Gasteiger partial charge on any atom is 0.266 e. The molecule has 5 rings (SSSR count). The second-order valence-corrected chi connectivity index (χ2v) is 8.23. The first-order chi connectivity index (χ1) is 14.5. The van der Waals surface area contributed by atoms with Crippen molar-refractivity contribution in [1.29, 1.82) is 0 Å². The van der Waals surface area contributed by atoms with Gasteiger partial charge in [0.25, 0.3) is 5.91 Å². The molecule has 7 heteroatoms. The molecule has 148 valence electrons. The normalized spacial score (nSPS) is 11.3. The number of aromatic nitrogens is 4. The van der Waals surface area contributed by atoms with Crippen LogP contribution in [0.4, 0.5) is 5.69 Å². The molecule has 0 fully saturated rings. The number of nitrogens with one attached hydrogen (secondary N) is 2. The molecule has 3 heterocycles. The molecule has 0 radical (unpaired) electrons. The number of fused-ring (bicyclic) bond motifs is 2. The van der Waals surface area contributed by atoms with E-state index in [1.807, 2.05) is 69.3 Å². The quantitative estimate of drug-likeness (QED) is 0.414. The summed E-state index contributed by atoms with van der Waals surface area (Å²) >= 11 is 1.40. The minimum absolute atomic E-state index is 0.135. The number of aromatic amines is 1. The Morgan fingerprint density at radius 1 is 0.967 bits per heavy atom. The third-order valence-electron chi connectivity index (χ3n) is 5.09. The van der Waals surface area contributed by atoms with Crippen LogP contribution in [0.5, 0.6) is 0 Å². The lowest BCUT2D eigenvalue weighted by Gasteiger charge is -2.05. The van der Waals surface area contributed by atoms with E-state index >= 15 is 0 Å². The lowest BCUT2D eigenvalue weighted by atomic mass is 10.1. The van der Waals surface area contributed by atoms with Crippen molar-refractivity contribution in [1.82, 2.24) is 19.9 Å². The van der Waals surface area contributed by atoms with E-state index in [-0.39, 0.29) is 5.91 Å². The summed E-state index contributed by atoms with van der Waals surface area (Å²) in [6.07, 6.45) is 0. The van der Waals surface area contributed by atoms with Gasteiger partial charge >= 0.3 is 0 Å². The first kappa shape index (κ1) is 18.4. The largest absolute Gasteiger partial charge is 0.338 e. The maximum absolute atomic E-state index is 12.9. The molecule has 0 spiro atoms. The van der Waals surface area contributed by atoms with E-state index in [0.717, 1.165) is 55.4 Å². The zero-order chi connectivity index (χ0) is 20.8. The number of anilines is 1. The molecule has 6 nitrogen and oxygen atoms in total. The summed E-state index contributed by atoms with van der Waals surface area (Å²) in [6, 6.07) is 15.6. The van der Waals surface area contributed by atoms with Crippen LogP contribution in [0.15, 0.2) is 48.5 Å². The highest BCUT2D eigenvalue weighted by Gasteiger charge is 2.19. The molecule has 0 saturated heterocycles. The number of hydrogen-bond acceptors (Lipinski definition) is 5. The highest BCUT2D eigenvalue weighted by Crippen LogP contribution is 2.32. The lowest BCUT2D eigenvalue weighted by Crippen LogP contribution is -2.11. The smallest absolute Gasteiger partial charge is 0.266 e. The third kappa shape index (κ3) is 3.13. The number of H-pyrrole nitrogens is 1. The number of rotatable bonds is 3. The zero-order valence-electron chi connectivity index (χ0n) is 16.8. The van der Waals surface area contributed by atoms with Gasteiger partial charge in [-0.15, -0.1) is 11.3 Å². The first-order valence-corrected chi connectivity index (χ1v) is 10.4. The van der Waals surface area contributed by atoms with Gasteiger partial charge in [0.2, 0.25) is 0 Å². The van der Waals surface area contributed by atoms with Crippen molar-refractivity contribution in [3.63, 3.8) is 0 Å². The van der Waals surface area contributed by atoms with Crippen molar-refractivity contribution in [3.05, 3.63) is 70.5 Å². The summed E-state index contributed by atoms with van der Waals surface area (Å²) in [7, 11) is 0. The van der Waals surface area contributed by atoms with E-state index < -0.39 is 0 Å². The Balaban J connectivity index is 1.41. The molecule has 0 atom stereocenters. The predicted octanol–water partition coefficient (Wildman–Crippen LogP) is 5.41. The average molecular weight is 414 g/mol. The van der Waals surface area contributed by atoms with Crippen LogP contribution >= 0.6 is 11.3 Å². The molecule has 2 aromatic carbocycles. The van der Waals surface area contributed by atoms with Gasteiger partial charge in [-0.2, -0.15) is 0 Å². The average Bonchev–Trinajstić information content (AvgIpc) is 3.29. The van der Waals surface area contributed by atoms with Crippen LogP contribution in [-0.2, 0) is 0 Å². The van der Waals surface area contributed by atoms with Gasteiger partial charge in [-0.05, 0) is 62.7 Å². The van der Waals surface area contributed by atoms with Crippen molar-refractivity contribution >= 4 is 44.2 Å². The molecule has 5 aromatic rings. The van der Waals surface area contributed by atoms with E-state index in [4.69, 9.17) is 0 Å². The zero-order valence-corrected chi connectivity index (χ0v) is 17.6. The van der Waals surface area contributed by atoms with Crippen LogP contribution in [0, 0.1) is 20.8 Å². The molecule has 2 N–H and O–H groups in total. The van der Waals surface area contributed by atoms with Crippen LogP contribution in [0.2, 0.25) is 0 Å². The number of benzene rings is 2. The number of carbonyl (C=O) groups excluding carboxylic acids is 1. The molecule has 0 aliphatic rings. The Labute approximate surface area is 177 Å². The lowest BCUT2D eigenvalue weighted by molar-refractivity contribution is 0.103. The Morgan fingerprint density at radius 2 is 1.73 bits per heavy atom. The van der Waals surface area contributed by atoms with Gasteiger partial charge in [-0.1, -0.05) is 12.1 Å². The number of hydrogen-bond donors (Lipinski definition) is 2. The number of nitrogens with zero attached hydrogens (tertiary/aromatic N) is 3. The number of carbonyl (C=O) groups is 1. The Bertz CT molecular complexity index is 1380. The van der Waals surface area contributed by atoms with Crippen LogP contribution < -0.4 is 5.32 Å². The highest BCUT2D eigenvalue weighted by molar-refractivity contribution is 7.20. The Hall–Kier alpha value is -3.58. The van der Waals surface area contributed by atoms with E-state index in [2.05, 4.69) is 25.3 Å². The van der Waals surface area contributed by atoms with Gasteiger partial charge in [-0.3, -0.25) is 4.79 Å². The summed E-state index contributed by atoms with van der Waals surface area (Å²) in [5.74, 6) is 1.39. The van der Waals surface area contributed by atoms with Gasteiger partial charge < -0.3 is 10.3 Å². The van der Waals surface area contributed by atoms with E-state index in [1.165, 1.54) is 11.3 Å². The van der Waals surface area contributed by atoms with E-state index in [0.29, 0.717) is 4.88 Å². The second-order valence-electron chi connectivity index (χ2n) is 7.23. The summed E-state index contributed by atoms with van der Waals surface area (Å²) < 4.78 is 0. The monoisotopic (exact) mass is 413 g/mol. The SMILES string of the molecule is Cc1nc(C)c2c(C)c(C(=O)Nc3ccc(-c4nc5ccccc5[nH]4)cc3)sc2n1. The molecular formula is C23H19N5OS. The first-order valence-electron chi connectivity index (χ1n) is 9.60. The fourth-order valence-electron chi connectivity index (χ4n) is 3.68. The molecule has 0 bridgehead atoms. The summed E-state index contributed by atoms with van der Waals surface area (Å²) in [4.78, 5) is 31.3. The van der Waals surface area contributed by atoms with Crippen molar-refractivity contribution in [2.24, 2.45) is 0 Å². The van der Waals surface area contributed by atoms with E-state index in [1.54, 1.807) is 0 Å². The fraction of sp³-hybridized carbons (Fsp3) is 0.130. The number of thiophene rings is 1. The molecule has 0 aliphatic heterocycles. The molecular weight excluding hydrogens is 394 g/mol. The van der Waals surface area contributed by atoms with Crippen molar-refractivity contribution in [2.75, 3.05) is 5.32 Å². The fourth-order valence-corrected chi connectivity index (χ4v) is 4.85. The number of para-hydroxylation sites is 2. The standard InChI is InChI=1S/C23H19N5OS/c1-12-19-13(2)24-14(3)25-23(19)30-20(12)22(29)26-16-10-8-15(9-11-16)21-27-17-6-4-5-7-18(17)28-21/h4-11H,1-3H3,(H,26,29)(H,27,28). The van der Waals surface area contributed by atoms with Crippen LogP contribution in [0.3, 0.4) is 0 Å². The summed E-state index contributed by atoms with van der Waals surface area (Å²) in [6.45, 7) is 5.77. The minimum atomic E-state index is -0.135. The molecule has 0 saturated carbocycles. The molecule has 0 unspecified atom stereocenters. The topological polar surface area (TPSA) is 83.6 Å². The Kier molecular flexibility index (Phi) is 4.33. The van der Waals surface area contributed by atoms with Gasteiger partial charge in [0.15, 0.2) is 0 Å². The van der Waals surface area contributed by atoms with Crippen molar-refractivity contribution in [2.45, 2.75) is 20.8 Å². The van der Waals surface area contributed by atoms with Gasteiger partial charge in [0.05, 0.1) is 15.9 Å². The van der Waals surface area contributed by atoms with Gasteiger partial charge in [0.1, 0.15) is 16.5 Å². The maximum atomic E-state index is 12.9. The molecule has 3 aromatic heterocycles. The Morgan fingerprint density at radius 3 is 2.50 bits per heavy atom. The van der Waals surface area contributed by atoms with Crippen LogP contribution in [0.25, 0.3) is 32.6 Å². The second kappa shape index (κ2) is 7.03. The van der Waals surface area contributed by atoms with Crippen molar-refractivity contribution in [3.8, 4) is 11.4 Å². The number of amides is 1.